The molecular weight excluding hydrogens is 231 g/mol. The monoisotopic (exact) mass is 252 g/mol. The maximum absolute atomic E-state index is 13.6. The molecule has 2 N–H and O–H groups in total. The third kappa shape index (κ3) is 3.09. The van der Waals surface area contributed by atoms with Gasteiger partial charge in [0, 0.05) is 13.1 Å². The Hall–Kier alpha value is -1.39. The summed E-state index contributed by atoms with van der Waals surface area (Å²) in [7, 11) is 0. The molecule has 0 amide bonds. The van der Waals surface area contributed by atoms with Crippen LogP contribution in [0.15, 0.2) is 6.20 Å². The van der Waals surface area contributed by atoms with Crippen LogP contribution in [0.3, 0.4) is 0 Å². The minimum Gasteiger partial charge on any atom is -0.367 e. The highest BCUT2D eigenvalue weighted by atomic mass is 19.1. The minimum atomic E-state index is -0.385. The fourth-order valence-corrected chi connectivity index (χ4v) is 1.92. The Morgan fingerprint density at radius 3 is 2.72 bits per heavy atom. The van der Waals surface area contributed by atoms with Gasteiger partial charge in [0.15, 0.2) is 11.6 Å². The van der Waals surface area contributed by atoms with Crippen molar-refractivity contribution in [1.82, 2.24) is 9.97 Å². The van der Waals surface area contributed by atoms with Gasteiger partial charge in [0.05, 0.1) is 6.20 Å². The van der Waals surface area contributed by atoms with E-state index in [2.05, 4.69) is 34.4 Å². The largest absolute Gasteiger partial charge is 0.367 e. The molecule has 1 aliphatic carbocycles. The Labute approximate surface area is 107 Å². The van der Waals surface area contributed by atoms with Crippen molar-refractivity contribution in [3.63, 3.8) is 0 Å². The van der Waals surface area contributed by atoms with Gasteiger partial charge in [-0.15, -0.1) is 0 Å². The van der Waals surface area contributed by atoms with Gasteiger partial charge >= 0.3 is 0 Å². The van der Waals surface area contributed by atoms with E-state index in [-0.39, 0.29) is 5.82 Å². The maximum atomic E-state index is 13.6. The van der Waals surface area contributed by atoms with Crippen LogP contribution in [0.25, 0.3) is 0 Å². The average molecular weight is 252 g/mol. The van der Waals surface area contributed by atoms with Crippen molar-refractivity contribution < 1.29 is 4.39 Å². The van der Waals surface area contributed by atoms with Crippen molar-refractivity contribution in [1.29, 1.82) is 0 Å². The molecule has 2 rings (SSSR count). The summed E-state index contributed by atoms with van der Waals surface area (Å²) < 4.78 is 13.6. The van der Waals surface area contributed by atoms with Crippen molar-refractivity contribution in [2.45, 2.75) is 39.5 Å². The smallest absolute Gasteiger partial charge is 0.224 e. The summed E-state index contributed by atoms with van der Waals surface area (Å²) in [5, 5.41) is 6.18. The molecule has 0 saturated heterocycles. The molecule has 0 spiro atoms. The second-order valence-electron chi connectivity index (χ2n) is 5.02. The first kappa shape index (κ1) is 13.1. The average Bonchev–Trinajstić information content (AvgIpc) is 3.17. The van der Waals surface area contributed by atoms with E-state index in [1.54, 1.807) is 0 Å². The van der Waals surface area contributed by atoms with Crippen LogP contribution in [0.4, 0.5) is 16.2 Å². The summed E-state index contributed by atoms with van der Waals surface area (Å²) in [5.74, 6) is 0.411. The predicted molar refractivity (Wildman–Crippen MR) is 71.2 cm³/mol. The molecule has 1 aromatic rings. The highest BCUT2D eigenvalue weighted by molar-refractivity contribution is 5.41. The van der Waals surface area contributed by atoms with E-state index in [0.717, 1.165) is 25.9 Å². The quantitative estimate of drug-likeness (QED) is 0.783. The van der Waals surface area contributed by atoms with Gasteiger partial charge in [0.1, 0.15) is 0 Å². The first-order valence-corrected chi connectivity index (χ1v) is 6.69. The number of nitrogens with one attached hydrogen (secondary N) is 2. The number of anilines is 2. The van der Waals surface area contributed by atoms with Crippen LogP contribution in [0.5, 0.6) is 0 Å². The van der Waals surface area contributed by atoms with Gasteiger partial charge in [-0.3, -0.25) is 0 Å². The zero-order chi connectivity index (χ0) is 13.0. The number of hydrogen-bond acceptors (Lipinski definition) is 4. The van der Waals surface area contributed by atoms with Crippen LogP contribution in [0.1, 0.15) is 39.5 Å². The second-order valence-corrected chi connectivity index (χ2v) is 5.02. The molecule has 1 heterocycles. The Morgan fingerprint density at radius 2 is 2.11 bits per heavy atom. The standard InChI is InChI=1S/C13H21FN4/c1-3-7-15-12-16-8-10(14)11(18-12)17-9-13(4-2)5-6-13/h8H,3-7,9H2,1-2H3,(H2,15,16,17,18). The molecule has 4 nitrogen and oxygen atoms in total. The molecule has 1 aromatic heterocycles. The number of halogens is 1. The van der Waals surface area contributed by atoms with Gasteiger partial charge in [-0.1, -0.05) is 13.8 Å². The molecule has 1 saturated carbocycles. The normalized spacial score (nSPS) is 16.4. The molecule has 18 heavy (non-hydrogen) atoms. The molecule has 1 aliphatic rings. The Kier molecular flexibility index (Phi) is 3.99. The summed E-state index contributed by atoms with van der Waals surface area (Å²) in [6, 6.07) is 0. The molecule has 0 radical (unpaired) electrons. The van der Waals surface area contributed by atoms with Crippen LogP contribution in [0.2, 0.25) is 0 Å². The summed E-state index contributed by atoms with van der Waals surface area (Å²) >= 11 is 0. The van der Waals surface area contributed by atoms with Crippen molar-refractivity contribution in [3.05, 3.63) is 12.0 Å². The molecule has 0 aromatic carbocycles. The minimum absolute atomic E-state index is 0.309. The first-order valence-electron chi connectivity index (χ1n) is 6.69. The summed E-state index contributed by atoms with van der Waals surface area (Å²) in [4.78, 5) is 8.09. The van der Waals surface area contributed by atoms with E-state index in [1.165, 1.54) is 19.0 Å². The highest BCUT2D eigenvalue weighted by Gasteiger charge is 2.40. The molecule has 1 fully saturated rings. The van der Waals surface area contributed by atoms with Gasteiger partial charge in [-0.2, -0.15) is 4.98 Å². The first-order chi connectivity index (χ1) is 8.69. The Morgan fingerprint density at radius 1 is 1.33 bits per heavy atom. The SMILES string of the molecule is CCCNc1ncc(F)c(NCC2(CC)CC2)n1. The van der Waals surface area contributed by atoms with Crippen LogP contribution < -0.4 is 10.6 Å². The Balaban J connectivity index is 1.97. The number of rotatable bonds is 7. The van der Waals surface area contributed by atoms with Gasteiger partial charge in [0.2, 0.25) is 5.95 Å². The van der Waals surface area contributed by atoms with Crippen LogP contribution >= 0.6 is 0 Å². The van der Waals surface area contributed by atoms with Gasteiger partial charge in [-0.05, 0) is 31.1 Å². The lowest BCUT2D eigenvalue weighted by molar-refractivity contribution is 0.517. The molecular formula is C13H21FN4. The lowest BCUT2D eigenvalue weighted by atomic mass is 10.0. The lowest BCUT2D eigenvalue weighted by Gasteiger charge is -2.14. The van der Waals surface area contributed by atoms with Crippen molar-refractivity contribution in [2.75, 3.05) is 23.7 Å². The molecule has 100 valence electrons. The maximum Gasteiger partial charge on any atom is 0.224 e. The zero-order valence-corrected chi connectivity index (χ0v) is 11.1. The number of hydrogen-bond donors (Lipinski definition) is 2. The van der Waals surface area contributed by atoms with Crippen molar-refractivity contribution in [3.8, 4) is 0 Å². The molecule has 0 aliphatic heterocycles. The van der Waals surface area contributed by atoms with Gasteiger partial charge < -0.3 is 10.6 Å². The molecule has 0 bridgehead atoms. The third-order valence-corrected chi connectivity index (χ3v) is 3.62. The summed E-state index contributed by atoms with van der Waals surface area (Å²) in [6.45, 7) is 5.83. The fraction of sp³-hybridized carbons (Fsp3) is 0.692. The van der Waals surface area contributed by atoms with E-state index in [1.807, 2.05) is 0 Å². The van der Waals surface area contributed by atoms with E-state index < -0.39 is 0 Å². The predicted octanol–water partition coefficient (Wildman–Crippen LogP) is 3.04. The zero-order valence-electron chi connectivity index (χ0n) is 11.1. The Bertz CT molecular complexity index is 404. The van der Waals surface area contributed by atoms with Crippen molar-refractivity contribution >= 4 is 11.8 Å². The van der Waals surface area contributed by atoms with Crippen LogP contribution in [0, 0.1) is 11.2 Å². The molecule has 0 unspecified atom stereocenters. The molecule has 0 atom stereocenters. The van der Waals surface area contributed by atoms with E-state index in [9.17, 15) is 4.39 Å². The summed E-state index contributed by atoms with van der Waals surface area (Å²) in [5.41, 5.74) is 0.369. The molecule has 5 heteroatoms. The van der Waals surface area contributed by atoms with E-state index in [4.69, 9.17) is 0 Å². The van der Waals surface area contributed by atoms with Gasteiger partial charge in [-0.25, -0.2) is 9.37 Å². The van der Waals surface area contributed by atoms with E-state index in [0.29, 0.717) is 17.2 Å². The number of aromatic nitrogens is 2. The van der Waals surface area contributed by atoms with Crippen LogP contribution in [-0.4, -0.2) is 23.1 Å². The third-order valence-electron chi connectivity index (χ3n) is 3.62. The number of nitrogens with zero attached hydrogens (tertiary/aromatic N) is 2. The second kappa shape index (κ2) is 5.50. The van der Waals surface area contributed by atoms with Crippen molar-refractivity contribution in [2.24, 2.45) is 5.41 Å². The topological polar surface area (TPSA) is 49.8 Å². The van der Waals surface area contributed by atoms with Crippen LogP contribution in [-0.2, 0) is 0 Å². The van der Waals surface area contributed by atoms with E-state index >= 15 is 0 Å². The highest BCUT2D eigenvalue weighted by Crippen LogP contribution is 2.48. The lowest BCUT2D eigenvalue weighted by Crippen LogP contribution is -2.17. The van der Waals surface area contributed by atoms with Gasteiger partial charge in [0.25, 0.3) is 0 Å². The fourth-order valence-electron chi connectivity index (χ4n) is 1.92. The summed E-state index contributed by atoms with van der Waals surface area (Å²) in [6.07, 6.45) is 5.79.